The lowest BCUT2D eigenvalue weighted by Gasteiger charge is -2.10. The summed E-state index contributed by atoms with van der Waals surface area (Å²) in [5, 5.41) is 11.2. The molecule has 0 aromatic heterocycles. The predicted octanol–water partition coefficient (Wildman–Crippen LogP) is -0.269. The van der Waals surface area contributed by atoms with Crippen LogP contribution in [-0.2, 0) is 9.53 Å². The van der Waals surface area contributed by atoms with Crippen molar-refractivity contribution >= 4 is 17.6 Å². The van der Waals surface area contributed by atoms with Gasteiger partial charge in [-0.15, -0.1) is 0 Å². The number of carbonyl (C=O) groups is 2. The minimum Gasteiger partial charge on any atom is -0.465 e. The van der Waals surface area contributed by atoms with Crippen molar-refractivity contribution in [1.82, 2.24) is 0 Å². The molecule has 0 spiro atoms. The number of methoxy groups -OCH3 is 1. The van der Waals surface area contributed by atoms with Crippen LogP contribution < -0.4 is 11.1 Å². The molecule has 17 heavy (non-hydrogen) atoms. The second-order valence-corrected chi connectivity index (χ2v) is 3.35. The topological polar surface area (TPSA) is 102 Å². The van der Waals surface area contributed by atoms with E-state index in [0.29, 0.717) is 11.3 Å². The molecular weight excluding hydrogens is 224 g/mol. The van der Waals surface area contributed by atoms with Gasteiger partial charge in [-0.1, -0.05) is 6.07 Å². The summed E-state index contributed by atoms with van der Waals surface area (Å²) in [6.45, 7) is -0.442. The zero-order valence-electron chi connectivity index (χ0n) is 9.34. The number of aliphatic hydroxyl groups excluding tert-OH is 1. The fraction of sp³-hybridized carbons (Fsp3) is 0.273. The van der Waals surface area contributed by atoms with Crippen LogP contribution in [0.2, 0.25) is 0 Å². The predicted molar refractivity (Wildman–Crippen MR) is 61.5 cm³/mol. The van der Waals surface area contributed by atoms with E-state index in [2.05, 4.69) is 10.1 Å². The summed E-state index contributed by atoms with van der Waals surface area (Å²) in [6, 6.07) is 5.25. The van der Waals surface area contributed by atoms with E-state index in [0.717, 1.165) is 0 Å². The van der Waals surface area contributed by atoms with Crippen molar-refractivity contribution in [2.24, 2.45) is 5.73 Å². The number of anilines is 1. The van der Waals surface area contributed by atoms with Gasteiger partial charge < -0.3 is 20.9 Å². The molecule has 92 valence electrons. The van der Waals surface area contributed by atoms with Crippen molar-refractivity contribution in [3.63, 3.8) is 0 Å². The molecule has 1 aromatic rings. The molecule has 6 heteroatoms. The molecule has 0 aliphatic rings. The Kier molecular flexibility index (Phi) is 4.62. The largest absolute Gasteiger partial charge is 0.465 e. The number of nitrogens with one attached hydrogen (secondary N) is 1. The van der Waals surface area contributed by atoms with Crippen LogP contribution >= 0.6 is 0 Å². The summed E-state index contributed by atoms with van der Waals surface area (Å²) in [5.74, 6) is -1.01. The molecule has 0 saturated carbocycles. The summed E-state index contributed by atoms with van der Waals surface area (Å²) in [7, 11) is 1.27. The van der Waals surface area contributed by atoms with Gasteiger partial charge >= 0.3 is 5.97 Å². The average molecular weight is 238 g/mol. The van der Waals surface area contributed by atoms with Crippen LogP contribution in [0.5, 0.6) is 0 Å². The molecule has 1 atom stereocenters. The highest BCUT2D eigenvalue weighted by Crippen LogP contribution is 2.11. The molecule has 6 nitrogen and oxygen atoms in total. The fourth-order valence-electron chi connectivity index (χ4n) is 1.16. The monoisotopic (exact) mass is 238 g/mol. The van der Waals surface area contributed by atoms with Gasteiger partial charge in [-0.2, -0.15) is 0 Å². The van der Waals surface area contributed by atoms with Crippen LogP contribution in [0.1, 0.15) is 10.4 Å². The number of nitrogens with two attached hydrogens (primary N) is 1. The van der Waals surface area contributed by atoms with Gasteiger partial charge in [0.15, 0.2) is 0 Å². The molecule has 1 aromatic carbocycles. The first-order chi connectivity index (χ1) is 8.08. The van der Waals surface area contributed by atoms with Crippen molar-refractivity contribution in [2.75, 3.05) is 19.0 Å². The summed E-state index contributed by atoms with van der Waals surface area (Å²) in [4.78, 5) is 22.6. The van der Waals surface area contributed by atoms with Gasteiger partial charge in [0.25, 0.3) is 0 Å². The van der Waals surface area contributed by atoms with Gasteiger partial charge in [-0.3, -0.25) is 4.79 Å². The first-order valence-electron chi connectivity index (χ1n) is 4.94. The van der Waals surface area contributed by atoms with Gasteiger partial charge in [0.1, 0.15) is 6.04 Å². The first-order valence-corrected chi connectivity index (χ1v) is 4.94. The Morgan fingerprint density at radius 2 is 2.24 bits per heavy atom. The number of ether oxygens (including phenoxy) is 1. The minimum absolute atomic E-state index is 0.322. The minimum atomic E-state index is -0.989. The van der Waals surface area contributed by atoms with Crippen LogP contribution in [0.25, 0.3) is 0 Å². The Balaban J connectivity index is 2.79. The molecular formula is C11H14N2O4. The fourth-order valence-corrected chi connectivity index (χ4v) is 1.16. The third-order valence-electron chi connectivity index (χ3n) is 2.08. The third-order valence-corrected chi connectivity index (χ3v) is 2.08. The standard InChI is InChI=1S/C11H14N2O4/c1-17-11(16)7-3-2-4-8(5-7)13-10(15)9(12)6-14/h2-5,9,14H,6,12H2,1H3,(H,13,15). The number of amides is 1. The number of hydrogen-bond acceptors (Lipinski definition) is 5. The Morgan fingerprint density at radius 3 is 2.82 bits per heavy atom. The smallest absolute Gasteiger partial charge is 0.337 e. The van der Waals surface area contributed by atoms with Crippen molar-refractivity contribution < 1.29 is 19.4 Å². The maximum atomic E-state index is 11.4. The maximum Gasteiger partial charge on any atom is 0.337 e. The van der Waals surface area contributed by atoms with Crippen LogP contribution in [-0.4, -0.2) is 36.7 Å². The molecule has 0 aliphatic heterocycles. The van der Waals surface area contributed by atoms with Crippen LogP contribution in [0.3, 0.4) is 0 Å². The summed E-state index contributed by atoms with van der Waals surface area (Å²) >= 11 is 0. The van der Waals surface area contributed by atoms with E-state index in [9.17, 15) is 9.59 Å². The number of aliphatic hydroxyl groups is 1. The zero-order valence-corrected chi connectivity index (χ0v) is 9.34. The Hall–Kier alpha value is -1.92. The number of rotatable bonds is 4. The lowest BCUT2D eigenvalue weighted by Crippen LogP contribution is -2.38. The first kappa shape index (κ1) is 13.1. The van der Waals surface area contributed by atoms with E-state index in [4.69, 9.17) is 10.8 Å². The van der Waals surface area contributed by atoms with Gasteiger partial charge in [0.05, 0.1) is 19.3 Å². The normalized spacial score (nSPS) is 11.7. The summed E-state index contributed by atoms with van der Waals surface area (Å²) in [6.07, 6.45) is 0. The molecule has 1 amide bonds. The molecule has 0 heterocycles. The van der Waals surface area contributed by atoms with Crippen LogP contribution in [0.4, 0.5) is 5.69 Å². The van der Waals surface area contributed by atoms with Crippen molar-refractivity contribution in [3.05, 3.63) is 29.8 Å². The van der Waals surface area contributed by atoms with E-state index in [-0.39, 0.29) is 0 Å². The number of hydrogen-bond donors (Lipinski definition) is 3. The molecule has 1 rings (SSSR count). The number of esters is 1. The Labute approximate surface area is 98.4 Å². The van der Waals surface area contributed by atoms with Crippen LogP contribution in [0, 0.1) is 0 Å². The van der Waals surface area contributed by atoms with Crippen LogP contribution in [0.15, 0.2) is 24.3 Å². The van der Waals surface area contributed by atoms with E-state index in [1.807, 2.05) is 0 Å². The number of carbonyl (C=O) groups excluding carboxylic acids is 2. The highest BCUT2D eigenvalue weighted by atomic mass is 16.5. The molecule has 0 aliphatic carbocycles. The SMILES string of the molecule is COC(=O)c1cccc(NC(=O)C(N)CO)c1. The van der Waals surface area contributed by atoms with Crippen molar-refractivity contribution in [3.8, 4) is 0 Å². The van der Waals surface area contributed by atoms with E-state index >= 15 is 0 Å². The highest BCUT2D eigenvalue weighted by molar-refractivity contribution is 5.96. The molecule has 0 radical (unpaired) electrons. The Bertz CT molecular complexity index is 420. The second kappa shape index (κ2) is 5.97. The second-order valence-electron chi connectivity index (χ2n) is 3.35. The van der Waals surface area contributed by atoms with Gasteiger partial charge in [-0.05, 0) is 18.2 Å². The van der Waals surface area contributed by atoms with Crippen molar-refractivity contribution in [1.29, 1.82) is 0 Å². The molecule has 0 saturated heterocycles. The highest BCUT2D eigenvalue weighted by Gasteiger charge is 2.13. The zero-order chi connectivity index (χ0) is 12.8. The lowest BCUT2D eigenvalue weighted by molar-refractivity contribution is -0.118. The third kappa shape index (κ3) is 3.54. The van der Waals surface area contributed by atoms with E-state index in [1.165, 1.54) is 13.2 Å². The quantitative estimate of drug-likeness (QED) is 0.627. The average Bonchev–Trinajstić information content (AvgIpc) is 2.37. The molecule has 0 bridgehead atoms. The van der Waals surface area contributed by atoms with Crippen molar-refractivity contribution in [2.45, 2.75) is 6.04 Å². The number of benzene rings is 1. The van der Waals surface area contributed by atoms with Gasteiger partial charge in [0.2, 0.25) is 5.91 Å². The molecule has 0 fully saturated rings. The molecule has 1 unspecified atom stereocenters. The summed E-state index contributed by atoms with van der Waals surface area (Å²) in [5.41, 5.74) is 6.08. The van der Waals surface area contributed by atoms with Gasteiger partial charge in [0, 0.05) is 5.69 Å². The molecule has 4 N–H and O–H groups in total. The van der Waals surface area contributed by atoms with E-state index < -0.39 is 24.5 Å². The Morgan fingerprint density at radius 1 is 1.53 bits per heavy atom. The lowest BCUT2D eigenvalue weighted by atomic mass is 10.2. The maximum absolute atomic E-state index is 11.4. The van der Waals surface area contributed by atoms with E-state index in [1.54, 1.807) is 18.2 Å². The summed E-state index contributed by atoms with van der Waals surface area (Å²) < 4.78 is 4.55. The van der Waals surface area contributed by atoms with Gasteiger partial charge in [-0.25, -0.2) is 4.79 Å².